The van der Waals surface area contributed by atoms with E-state index in [-0.39, 0.29) is 5.91 Å². The lowest BCUT2D eigenvalue weighted by Gasteiger charge is -2.19. The lowest BCUT2D eigenvalue weighted by atomic mass is 10.1. The fourth-order valence-electron chi connectivity index (χ4n) is 2.54. The van der Waals surface area contributed by atoms with Crippen molar-refractivity contribution in [3.05, 3.63) is 58.1 Å². The number of nitrogens with zero attached hydrogens (tertiary/aromatic N) is 2. The number of carbonyl (C=O) groups is 1. The van der Waals surface area contributed by atoms with Crippen molar-refractivity contribution < 1.29 is 19.0 Å². The first-order valence-electron chi connectivity index (χ1n) is 7.57. The van der Waals surface area contributed by atoms with Crippen LogP contribution in [0.5, 0.6) is 11.5 Å². The molecule has 0 saturated carbocycles. The Labute approximate surface area is 154 Å². The van der Waals surface area contributed by atoms with Crippen LogP contribution in [-0.4, -0.2) is 31.0 Å². The third kappa shape index (κ3) is 3.32. The van der Waals surface area contributed by atoms with Crippen LogP contribution in [0.3, 0.4) is 0 Å². The molecule has 0 N–H and O–H groups in total. The lowest BCUT2D eigenvalue weighted by Crippen LogP contribution is -2.25. The molecule has 0 bridgehead atoms. The minimum Gasteiger partial charge on any atom is -0.496 e. The number of rotatable bonds is 4. The average molecular weight is 405 g/mol. The van der Waals surface area contributed by atoms with Crippen molar-refractivity contribution in [1.82, 2.24) is 5.01 Å². The Morgan fingerprint density at radius 3 is 2.44 bits per heavy atom. The van der Waals surface area contributed by atoms with Gasteiger partial charge in [0.05, 0.1) is 24.3 Å². The highest BCUT2D eigenvalue weighted by Crippen LogP contribution is 2.37. The molecule has 0 aliphatic carbocycles. The Hall–Kier alpha value is -2.54. The van der Waals surface area contributed by atoms with Crippen LogP contribution in [0.15, 0.2) is 52.0 Å². The zero-order chi connectivity index (χ0) is 18.0. The van der Waals surface area contributed by atoms with Gasteiger partial charge >= 0.3 is 0 Å². The Morgan fingerprint density at radius 2 is 1.84 bits per heavy atom. The molecule has 1 aliphatic rings. The van der Waals surface area contributed by atoms with Crippen LogP contribution >= 0.6 is 15.9 Å². The molecule has 1 unspecified atom stereocenters. The highest BCUT2D eigenvalue weighted by Gasteiger charge is 2.34. The zero-order valence-corrected chi connectivity index (χ0v) is 15.6. The topological polar surface area (TPSA) is 60.4 Å². The second-order valence-electron chi connectivity index (χ2n) is 5.34. The normalized spacial score (nSPS) is 16.2. The van der Waals surface area contributed by atoms with E-state index in [4.69, 9.17) is 14.2 Å². The molecule has 2 aromatic rings. The molecule has 0 spiro atoms. The van der Waals surface area contributed by atoms with Crippen LogP contribution in [0.1, 0.15) is 24.3 Å². The van der Waals surface area contributed by atoms with Crippen molar-refractivity contribution in [2.45, 2.75) is 13.2 Å². The van der Waals surface area contributed by atoms with Gasteiger partial charge in [0.15, 0.2) is 0 Å². The zero-order valence-electron chi connectivity index (χ0n) is 14.0. The summed E-state index contributed by atoms with van der Waals surface area (Å²) in [7, 11) is 3.13. The van der Waals surface area contributed by atoms with Crippen molar-refractivity contribution in [2.75, 3.05) is 14.2 Å². The second kappa shape index (κ2) is 7.14. The molecule has 6 nitrogen and oxygen atoms in total. The summed E-state index contributed by atoms with van der Waals surface area (Å²) in [5, 5.41) is 5.68. The molecule has 25 heavy (non-hydrogen) atoms. The molecule has 3 rings (SSSR count). The third-order valence-electron chi connectivity index (χ3n) is 3.76. The highest BCUT2D eigenvalue weighted by atomic mass is 79.9. The van der Waals surface area contributed by atoms with E-state index in [9.17, 15) is 4.79 Å². The summed E-state index contributed by atoms with van der Waals surface area (Å²) < 4.78 is 17.4. The van der Waals surface area contributed by atoms with Crippen LogP contribution in [0, 0.1) is 0 Å². The molecule has 0 fully saturated rings. The predicted octanol–water partition coefficient (Wildman–Crippen LogP) is 3.71. The van der Waals surface area contributed by atoms with E-state index < -0.39 is 6.23 Å². The third-order valence-corrected chi connectivity index (χ3v) is 4.38. The number of amides is 1. The van der Waals surface area contributed by atoms with Gasteiger partial charge in [-0.1, -0.05) is 30.3 Å². The van der Waals surface area contributed by atoms with Crippen LogP contribution in [0.25, 0.3) is 0 Å². The van der Waals surface area contributed by atoms with E-state index in [2.05, 4.69) is 21.0 Å². The maximum absolute atomic E-state index is 12.0. The SMILES string of the molecule is COc1cc(OC)c(C2=NN(C(C)=O)C(c3ccccc3)O2)cc1Br. The van der Waals surface area contributed by atoms with Crippen molar-refractivity contribution in [3.8, 4) is 11.5 Å². The molecular weight excluding hydrogens is 388 g/mol. The van der Waals surface area contributed by atoms with Gasteiger partial charge in [-0.3, -0.25) is 4.79 Å². The minimum atomic E-state index is -0.612. The standard InChI is InChI=1S/C18H17BrN2O4/c1-11(22)21-18(12-7-5-4-6-8-12)25-17(20-21)13-9-14(19)16(24-3)10-15(13)23-2/h4-10,18H,1-3H3. The Morgan fingerprint density at radius 1 is 1.16 bits per heavy atom. The fourth-order valence-corrected chi connectivity index (χ4v) is 3.04. The predicted molar refractivity (Wildman–Crippen MR) is 96.6 cm³/mol. The van der Waals surface area contributed by atoms with E-state index >= 15 is 0 Å². The molecule has 0 saturated heterocycles. The Balaban J connectivity index is 2.02. The maximum Gasteiger partial charge on any atom is 0.244 e. The first-order chi connectivity index (χ1) is 12.0. The number of hydrogen-bond acceptors (Lipinski definition) is 5. The van der Waals surface area contributed by atoms with Crippen molar-refractivity contribution in [1.29, 1.82) is 0 Å². The van der Waals surface area contributed by atoms with Crippen LogP contribution in [0.4, 0.5) is 0 Å². The lowest BCUT2D eigenvalue weighted by molar-refractivity contribution is -0.135. The van der Waals surface area contributed by atoms with Crippen LogP contribution < -0.4 is 9.47 Å². The van der Waals surface area contributed by atoms with Gasteiger partial charge in [-0.2, -0.15) is 5.01 Å². The van der Waals surface area contributed by atoms with Gasteiger partial charge in [0.1, 0.15) is 11.5 Å². The first-order valence-corrected chi connectivity index (χ1v) is 8.36. The van der Waals surface area contributed by atoms with Crippen molar-refractivity contribution >= 4 is 27.7 Å². The van der Waals surface area contributed by atoms with E-state index in [1.165, 1.54) is 11.9 Å². The second-order valence-corrected chi connectivity index (χ2v) is 6.19. The summed E-state index contributed by atoms with van der Waals surface area (Å²) >= 11 is 3.45. The number of hydrazone groups is 1. The summed E-state index contributed by atoms with van der Waals surface area (Å²) in [4.78, 5) is 12.0. The van der Waals surface area contributed by atoms with Gasteiger partial charge in [-0.05, 0) is 22.0 Å². The van der Waals surface area contributed by atoms with Gasteiger partial charge < -0.3 is 14.2 Å². The largest absolute Gasteiger partial charge is 0.496 e. The van der Waals surface area contributed by atoms with Crippen LogP contribution in [0.2, 0.25) is 0 Å². The number of methoxy groups -OCH3 is 2. The molecular formula is C18H17BrN2O4. The van der Waals surface area contributed by atoms with Gasteiger partial charge in [-0.25, -0.2) is 0 Å². The molecule has 0 aromatic heterocycles. The van der Waals surface area contributed by atoms with Crippen LogP contribution in [-0.2, 0) is 9.53 Å². The average Bonchev–Trinajstić information content (AvgIpc) is 3.07. The molecule has 1 aliphatic heterocycles. The number of carbonyl (C=O) groups excluding carboxylic acids is 1. The molecule has 130 valence electrons. The van der Waals surface area contributed by atoms with Crippen molar-refractivity contribution in [2.24, 2.45) is 5.10 Å². The van der Waals surface area contributed by atoms with Gasteiger partial charge in [0, 0.05) is 18.6 Å². The summed E-state index contributed by atoms with van der Waals surface area (Å²) in [6.07, 6.45) is -0.612. The summed E-state index contributed by atoms with van der Waals surface area (Å²) in [6.45, 7) is 1.45. The first kappa shape index (κ1) is 17.3. The van der Waals surface area contributed by atoms with E-state index in [1.54, 1.807) is 26.4 Å². The molecule has 1 amide bonds. The van der Waals surface area contributed by atoms with E-state index in [0.29, 0.717) is 23.0 Å². The minimum absolute atomic E-state index is 0.213. The van der Waals surface area contributed by atoms with E-state index in [1.807, 2.05) is 30.3 Å². The summed E-state index contributed by atoms with van der Waals surface area (Å²) in [5.41, 5.74) is 1.46. The molecule has 0 radical (unpaired) electrons. The van der Waals surface area contributed by atoms with Gasteiger partial charge in [-0.15, -0.1) is 5.10 Å². The quantitative estimate of drug-likeness (QED) is 0.779. The summed E-state index contributed by atoms with van der Waals surface area (Å²) in [6, 6.07) is 13.0. The molecule has 7 heteroatoms. The number of hydrogen-bond donors (Lipinski definition) is 0. The Bertz CT molecular complexity index is 823. The van der Waals surface area contributed by atoms with E-state index in [0.717, 1.165) is 10.0 Å². The number of ether oxygens (including phenoxy) is 3. The smallest absolute Gasteiger partial charge is 0.244 e. The fraction of sp³-hybridized carbons (Fsp3) is 0.222. The molecule has 1 heterocycles. The maximum atomic E-state index is 12.0. The Kier molecular flexibility index (Phi) is 4.94. The van der Waals surface area contributed by atoms with Gasteiger partial charge in [0.25, 0.3) is 0 Å². The summed E-state index contributed by atoms with van der Waals surface area (Å²) in [5.74, 6) is 1.26. The monoisotopic (exact) mass is 404 g/mol. The number of benzene rings is 2. The van der Waals surface area contributed by atoms with Gasteiger partial charge in [0.2, 0.25) is 18.0 Å². The van der Waals surface area contributed by atoms with Crippen molar-refractivity contribution in [3.63, 3.8) is 0 Å². The molecule has 2 aromatic carbocycles. The number of halogens is 1. The highest BCUT2D eigenvalue weighted by molar-refractivity contribution is 9.10. The molecule has 1 atom stereocenters.